The first kappa shape index (κ1) is 88.4. The molecule has 0 saturated heterocycles. The highest BCUT2D eigenvalue weighted by Crippen LogP contribution is 2.65. The van der Waals surface area contributed by atoms with Gasteiger partial charge in [0.25, 0.3) is 0 Å². The van der Waals surface area contributed by atoms with E-state index < -0.39 is 10.8 Å². The Balaban J connectivity index is 0.000000143. The van der Waals surface area contributed by atoms with Gasteiger partial charge in [0, 0.05) is 83.5 Å². The van der Waals surface area contributed by atoms with Gasteiger partial charge in [-0.25, -0.2) is 0 Å². The van der Waals surface area contributed by atoms with Crippen LogP contribution in [0.5, 0.6) is 0 Å². The fourth-order valence-electron chi connectivity index (χ4n) is 26.5. The van der Waals surface area contributed by atoms with Crippen molar-refractivity contribution in [2.24, 2.45) is 0 Å². The van der Waals surface area contributed by atoms with E-state index >= 15 is 0 Å². The van der Waals surface area contributed by atoms with Crippen LogP contribution in [0.4, 0.5) is 68.2 Å². The molecule has 6 heteroatoms. The van der Waals surface area contributed by atoms with E-state index in [2.05, 4.69) is 571 Å². The van der Waals surface area contributed by atoms with E-state index in [0.29, 0.717) is 0 Å². The second-order valence-electron chi connectivity index (χ2n) is 41.9. The molecule has 708 valence electrons. The summed E-state index contributed by atoms with van der Waals surface area (Å²) in [6, 6.07) is 193. The molecule has 0 bridgehead atoms. The molecule has 0 radical (unpaired) electrons. The highest BCUT2D eigenvalue weighted by atomic mass is 16.3. The highest BCUT2D eigenvalue weighted by molar-refractivity contribution is 6.14. The first-order valence-corrected chi connectivity index (χ1v) is 52.0. The third kappa shape index (κ3) is 13.5. The summed E-state index contributed by atoms with van der Waals surface area (Å²) in [5.41, 5.74) is 47.6. The van der Waals surface area contributed by atoms with Crippen LogP contribution in [0.15, 0.2) is 531 Å². The van der Waals surface area contributed by atoms with Gasteiger partial charge < -0.3 is 28.4 Å². The topological polar surface area (TPSA) is 39.2 Å². The van der Waals surface area contributed by atoms with Crippen LogP contribution in [0.1, 0.15) is 119 Å². The summed E-state index contributed by atoms with van der Waals surface area (Å²) in [5.74, 6) is 0. The third-order valence-corrected chi connectivity index (χ3v) is 33.0. The second kappa shape index (κ2) is 34.4. The van der Waals surface area contributed by atoms with Crippen molar-refractivity contribution in [1.29, 1.82) is 0 Å². The van der Waals surface area contributed by atoms with Crippen LogP contribution in [0.25, 0.3) is 111 Å². The molecule has 24 aromatic rings. The van der Waals surface area contributed by atoms with Crippen LogP contribution in [0.2, 0.25) is 0 Å². The van der Waals surface area contributed by atoms with Gasteiger partial charge in [0.15, 0.2) is 0 Å². The van der Waals surface area contributed by atoms with Crippen molar-refractivity contribution in [3.8, 4) is 66.8 Å². The summed E-state index contributed by atoms with van der Waals surface area (Å²) >= 11 is 0. The SMILES string of the molecule is CC1(C)c2ccccc2-c2ccc(N(c3cccc(N(c4ccccc4C4(c5ccccc5)c5ccccc5-c5ccccc54)c4cccc5c4-c4ccccc4C5(C)C)c3)c3ccc4oc5ccccc5c4c3)cc21.CC1(C)c2ccccc2-c2cccc(N(c3cccc(N(c4ccc(-c5ccccc5)cc4)c4cccc5oc6ccccc6c45)c3)c3cccc(C4(c5ccccc5)c5ccccc5-c5ccccc54)c3)c21. The Morgan fingerprint density at radius 1 is 0.168 bits per heavy atom. The van der Waals surface area contributed by atoms with E-state index in [1.165, 1.54) is 145 Å². The smallest absolute Gasteiger partial charge is 0.137 e. The number of nitrogens with zero attached hydrogens (tertiary/aromatic N) is 4. The summed E-state index contributed by atoms with van der Waals surface area (Å²) in [4.78, 5) is 9.97. The minimum absolute atomic E-state index is 0.190. The molecule has 6 nitrogen and oxygen atoms in total. The van der Waals surface area contributed by atoms with Gasteiger partial charge in [-0.15, -0.1) is 0 Å². The molecule has 0 amide bonds. The summed E-state index contributed by atoms with van der Waals surface area (Å²) in [7, 11) is 0. The molecule has 2 aromatic heterocycles. The van der Waals surface area contributed by atoms with E-state index in [1.54, 1.807) is 0 Å². The maximum atomic E-state index is 6.56. The van der Waals surface area contributed by atoms with Crippen molar-refractivity contribution in [1.82, 2.24) is 0 Å². The third-order valence-electron chi connectivity index (χ3n) is 33.0. The van der Waals surface area contributed by atoms with Crippen LogP contribution in [0.3, 0.4) is 0 Å². The second-order valence-corrected chi connectivity index (χ2v) is 41.9. The fraction of sp³-hybridized carbons (Fsp3) is 0.0769. The van der Waals surface area contributed by atoms with Crippen molar-refractivity contribution < 1.29 is 8.83 Å². The number of rotatable bonds is 17. The van der Waals surface area contributed by atoms with Crippen LogP contribution in [0, 0.1) is 0 Å². The zero-order valence-corrected chi connectivity index (χ0v) is 83.8. The Hall–Kier alpha value is -18.4. The van der Waals surface area contributed by atoms with Gasteiger partial charge in [-0.2, -0.15) is 0 Å². The molecule has 0 spiro atoms. The first-order chi connectivity index (χ1) is 73.2. The molecule has 0 saturated carbocycles. The molecule has 5 aliphatic rings. The average Bonchev–Trinajstić information content (AvgIpc) is 1.55. The summed E-state index contributed by atoms with van der Waals surface area (Å²) in [6.45, 7) is 14.3. The molecule has 149 heavy (non-hydrogen) atoms. The molecular formula is C143H104N4O2. The average molecular weight is 1910 g/mol. The van der Waals surface area contributed by atoms with E-state index in [0.717, 1.165) is 112 Å². The zero-order valence-electron chi connectivity index (χ0n) is 83.8. The standard InChI is InChI=1S/C73H54N2O.C70H50N2O/c1-71(2)60-32-14-11-30-57(60)70-64(71)36-21-38-67(70)75(66-37-18-17-35-63(66)73(47-22-6-5-7-23-47)61-33-15-9-27-53(61)54-28-10-16-34-62(54)73)49-25-20-24-48(44-49)74(50-41-43-69-58(45-50)56-29-12-19-39-68(56)76-69)51-40-42-55-52-26-8-13-31-59(52)72(3,4)65(55)46-51;1-69(2)60-34-13-9-31-57(60)58-33-19-38-64(68(58)69)72(52-26-17-25-50(45-52)70(49-23-7-4-8-24-49)61-35-14-10-29-55(61)56-30-11-15-36-62(56)70)54-28-18-27-53(46-54)71(51-43-41-48(42-44-51)47-21-5-3-6-22-47)63-37-20-40-66-67(63)59-32-12-16-39-65(59)73-66/h5-46H,1-4H3;3-46H,1-2H3. The Morgan fingerprint density at radius 2 is 0.517 bits per heavy atom. The number of fused-ring (bicyclic) bond motifs is 21. The number of hydrogen-bond acceptors (Lipinski definition) is 6. The quantitative estimate of drug-likeness (QED) is 0.0905. The Kier molecular flexibility index (Phi) is 20.4. The lowest BCUT2D eigenvalue weighted by Crippen LogP contribution is -2.31. The Bertz CT molecular complexity index is 9400. The Labute approximate surface area is 869 Å². The molecule has 0 fully saturated rings. The van der Waals surface area contributed by atoms with Gasteiger partial charge in [-0.05, 0) is 273 Å². The molecular weight excluding hydrogens is 1810 g/mol. The lowest BCUT2D eigenvalue weighted by molar-refractivity contribution is 0.660. The highest BCUT2D eigenvalue weighted by Gasteiger charge is 2.51. The molecule has 2 heterocycles. The van der Waals surface area contributed by atoms with Crippen LogP contribution < -0.4 is 19.6 Å². The van der Waals surface area contributed by atoms with Crippen molar-refractivity contribution in [2.45, 2.75) is 68.6 Å². The van der Waals surface area contributed by atoms with Crippen molar-refractivity contribution in [3.05, 3.63) is 600 Å². The van der Waals surface area contributed by atoms with Gasteiger partial charge >= 0.3 is 0 Å². The van der Waals surface area contributed by atoms with Gasteiger partial charge in [-0.1, -0.05) is 430 Å². The molecule has 0 aliphatic heterocycles. The van der Waals surface area contributed by atoms with Crippen molar-refractivity contribution in [3.63, 3.8) is 0 Å². The van der Waals surface area contributed by atoms with Gasteiger partial charge in [0.05, 0.1) is 39.0 Å². The first-order valence-electron chi connectivity index (χ1n) is 52.0. The molecule has 0 unspecified atom stereocenters. The fourth-order valence-corrected chi connectivity index (χ4v) is 26.5. The van der Waals surface area contributed by atoms with Crippen LogP contribution in [-0.2, 0) is 27.1 Å². The maximum absolute atomic E-state index is 6.56. The molecule has 22 aromatic carbocycles. The Morgan fingerprint density at radius 3 is 1.14 bits per heavy atom. The van der Waals surface area contributed by atoms with Gasteiger partial charge in [-0.3, -0.25) is 0 Å². The molecule has 5 aliphatic carbocycles. The van der Waals surface area contributed by atoms with E-state index in [4.69, 9.17) is 8.83 Å². The van der Waals surface area contributed by atoms with Gasteiger partial charge in [0.2, 0.25) is 0 Å². The van der Waals surface area contributed by atoms with Crippen LogP contribution in [-0.4, -0.2) is 0 Å². The van der Waals surface area contributed by atoms with Crippen molar-refractivity contribution in [2.75, 3.05) is 19.6 Å². The maximum Gasteiger partial charge on any atom is 0.137 e. The lowest BCUT2D eigenvalue weighted by Gasteiger charge is -2.39. The monoisotopic (exact) mass is 1910 g/mol. The number of benzene rings is 22. The molecule has 29 rings (SSSR count). The minimum Gasteiger partial charge on any atom is -0.456 e. The largest absolute Gasteiger partial charge is 0.456 e. The zero-order chi connectivity index (χ0) is 99.6. The summed E-state index contributed by atoms with van der Waals surface area (Å²) in [5, 5.41) is 4.34. The normalized spacial score (nSPS) is 14.1. The van der Waals surface area contributed by atoms with Crippen LogP contribution >= 0.6 is 0 Å². The lowest BCUT2D eigenvalue weighted by atomic mass is 9.67. The molecule has 0 N–H and O–H groups in total. The predicted octanol–water partition coefficient (Wildman–Crippen LogP) is 38.4. The number of hydrogen-bond donors (Lipinski definition) is 0. The van der Waals surface area contributed by atoms with Gasteiger partial charge in [0.1, 0.15) is 22.3 Å². The summed E-state index contributed by atoms with van der Waals surface area (Å²) in [6.07, 6.45) is 0. The van der Waals surface area contributed by atoms with E-state index in [9.17, 15) is 0 Å². The molecule has 0 atom stereocenters. The number of anilines is 12. The predicted molar refractivity (Wildman–Crippen MR) is 619 cm³/mol. The number of para-hydroxylation sites is 3. The summed E-state index contributed by atoms with van der Waals surface area (Å²) < 4.78 is 13.0. The number of furan rings is 2. The van der Waals surface area contributed by atoms with E-state index in [-0.39, 0.29) is 16.2 Å². The minimum atomic E-state index is -0.653. The van der Waals surface area contributed by atoms with E-state index in [1.807, 2.05) is 12.1 Å². The van der Waals surface area contributed by atoms with Crippen molar-refractivity contribution >= 4 is 112 Å².